The fourth-order valence-electron chi connectivity index (χ4n) is 3.84. The number of aryl methyl sites for hydroxylation is 1. The van der Waals surface area contributed by atoms with Gasteiger partial charge in [0.05, 0.1) is 5.56 Å². The van der Waals surface area contributed by atoms with Gasteiger partial charge in [0.15, 0.2) is 11.5 Å². The van der Waals surface area contributed by atoms with Crippen molar-refractivity contribution in [3.63, 3.8) is 0 Å². The molecule has 146 valence electrons. The van der Waals surface area contributed by atoms with Crippen LogP contribution < -0.4 is 14.8 Å². The van der Waals surface area contributed by atoms with Crippen LogP contribution >= 0.6 is 0 Å². The molecule has 29 heavy (non-hydrogen) atoms. The third-order valence-electron chi connectivity index (χ3n) is 5.38. The number of nitrogens with zero attached hydrogens (tertiary/aromatic N) is 1. The van der Waals surface area contributed by atoms with Crippen molar-refractivity contribution in [2.75, 3.05) is 18.5 Å². The van der Waals surface area contributed by atoms with Crippen molar-refractivity contribution in [3.8, 4) is 11.5 Å². The Hall–Kier alpha value is -3.47. The second kappa shape index (κ2) is 7.17. The molecule has 0 saturated heterocycles. The summed E-state index contributed by atoms with van der Waals surface area (Å²) in [6.07, 6.45) is -0.297. The van der Waals surface area contributed by atoms with E-state index in [0.717, 1.165) is 28.3 Å². The topological polar surface area (TPSA) is 50.8 Å². The Balaban J connectivity index is 1.55. The molecule has 2 heterocycles. The molecule has 5 heteroatoms. The maximum absolute atomic E-state index is 13.4. The summed E-state index contributed by atoms with van der Waals surface area (Å²) in [6, 6.07) is 21.8. The monoisotopic (exact) mass is 386 g/mol. The number of fused-ring (bicyclic) bond motifs is 2. The van der Waals surface area contributed by atoms with Gasteiger partial charge in [0.1, 0.15) is 19.4 Å². The predicted molar refractivity (Wildman–Crippen MR) is 111 cm³/mol. The van der Waals surface area contributed by atoms with Crippen LogP contribution in [0.4, 0.5) is 5.69 Å². The van der Waals surface area contributed by atoms with E-state index in [0.29, 0.717) is 25.3 Å². The normalized spacial score (nSPS) is 17.5. The van der Waals surface area contributed by atoms with Crippen LogP contribution in [0.5, 0.6) is 11.5 Å². The molecule has 0 radical (unpaired) electrons. The van der Waals surface area contributed by atoms with Crippen molar-refractivity contribution in [1.82, 2.24) is 4.90 Å². The van der Waals surface area contributed by atoms with E-state index in [1.807, 2.05) is 47.4 Å². The predicted octanol–water partition coefficient (Wildman–Crippen LogP) is 4.53. The number of rotatable bonds is 3. The lowest BCUT2D eigenvalue weighted by Crippen LogP contribution is -2.42. The van der Waals surface area contributed by atoms with Crippen LogP contribution in [0.25, 0.3) is 0 Å². The van der Waals surface area contributed by atoms with Gasteiger partial charge in [-0.25, -0.2) is 0 Å². The van der Waals surface area contributed by atoms with E-state index in [1.165, 1.54) is 5.56 Å². The summed E-state index contributed by atoms with van der Waals surface area (Å²) < 4.78 is 11.4. The van der Waals surface area contributed by atoms with Gasteiger partial charge in [-0.2, -0.15) is 0 Å². The SMILES string of the molecule is Cc1ccc(CN2C(=O)c3ccccc3NC2c2ccc3c(c2)OCCO3)cc1. The number of hydrogen-bond donors (Lipinski definition) is 1. The summed E-state index contributed by atoms with van der Waals surface area (Å²) in [7, 11) is 0. The van der Waals surface area contributed by atoms with Crippen molar-refractivity contribution < 1.29 is 14.3 Å². The lowest BCUT2D eigenvalue weighted by molar-refractivity contribution is 0.0666. The highest BCUT2D eigenvalue weighted by Crippen LogP contribution is 2.38. The Bertz CT molecular complexity index is 1060. The summed E-state index contributed by atoms with van der Waals surface area (Å²) in [4.78, 5) is 15.3. The van der Waals surface area contributed by atoms with E-state index in [1.54, 1.807) is 0 Å². The minimum atomic E-state index is -0.297. The highest BCUT2D eigenvalue weighted by molar-refractivity contribution is 6.01. The van der Waals surface area contributed by atoms with Crippen molar-refractivity contribution in [2.24, 2.45) is 0 Å². The van der Waals surface area contributed by atoms with Crippen LogP contribution in [-0.4, -0.2) is 24.0 Å². The number of carbonyl (C=O) groups is 1. The van der Waals surface area contributed by atoms with Crippen molar-refractivity contribution in [3.05, 3.63) is 89.0 Å². The molecule has 0 bridgehead atoms. The number of benzene rings is 3. The fourth-order valence-corrected chi connectivity index (χ4v) is 3.84. The van der Waals surface area contributed by atoms with Crippen LogP contribution in [-0.2, 0) is 6.54 Å². The van der Waals surface area contributed by atoms with Gasteiger partial charge in [0, 0.05) is 12.2 Å². The maximum Gasteiger partial charge on any atom is 0.258 e. The van der Waals surface area contributed by atoms with Gasteiger partial charge in [0.25, 0.3) is 5.91 Å². The molecule has 5 nitrogen and oxygen atoms in total. The minimum Gasteiger partial charge on any atom is -0.486 e. The van der Waals surface area contributed by atoms with E-state index in [2.05, 4.69) is 36.5 Å². The first kappa shape index (κ1) is 17.6. The molecular formula is C24H22N2O3. The smallest absolute Gasteiger partial charge is 0.258 e. The summed E-state index contributed by atoms with van der Waals surface area (Å²) in [5, 5.41) is 3.54. The van der Waals surface area contributed by atoms with Crippen LogP contribution in [0.1, 0.15) is 33.2 Å². The highest BCUT2D eigenvalue weighted by Gasteiger charge is 2.33. The van der Waals surface area contributed by atoms with Crippen LogP contribution in [0.3, 0.4) is 0 Å². The standard InChI is InChI=1S/C24H22N2O3/c1-16-6-8-17(9-7-16)15-26-23(25-20-5-3-2-4-19(20)24(26)27)18-10-11-21-22(14-18)29-13-12-28-21/h2-11,14,23,25H,12-13,15H2,1H3. The number of para-hydroxylation sites is 1. The van der Waals surface area contributed by atoms with E-state index >= 15 is 0 Å². The van der Waals surface area contributed by atoms with Crippen LogP contribution in [0.2, 0.25) is 0 Å². The minimum absolute atomic E-state index is 0.0137. The zero-order chi connectivity index (χ0) is 19.8. The van der Waals surface area contributed by atoms with Gasteiger partial charge in [-0.05, 0) is 42.3 Å². The van der Waals surface area contributed by atoms with Crippen molar-refractivity contribution in [1.29, 1.82) is 0 Å². The van der Waals surface area contributed by atoms with Gasteiger partial charge in [-0.1, -0.05) is 48.0 Å². The highest BCUT2D eigenvalue weighted by atomic mass is 16.6. The molecule has 0 aliphatic carbocycles. The Labute approximate surface area is 169 Å². The molecular weight excluding hydrogens is 364 g/mol. The molecule has 0 saturated carbocycles. The van der Waals surface area contributed by atoms with Crippen LogP contribution in [0, 0.1) is 6.92 Å². The molecule has 1 atom stereocenters. The average Bonchev–Trinajstić information content (AvgIpc) is 2.76. The number of carbonyl (C=O) groups excluding carboxylic acids is 1. The number of ether oxygens (including phenoxy) is 2. The first-order valence-electron chi connectivity index (χ1n) is 9.81. The molecule has 3 aromatic rings. The molecule has 2 aliphatic rings. The number of nitrogens with one attached hydrogen (secondary N) is 1. The maximum atomic E-state index is 13.4. The van der Waals surface area contributed by atoms with E-state index in [-0.39, 0.29) is 12.1 Å². The molecule has 3 aromatic carbocycles. The van der Waals surface area contributed by atoms with Crippen LogP contribution in [0.15, 0.2) is 66.7 Å². The Morgan fingerprint density at radius 3 is 2.55 bits per heavy atom. The second-order valence-electron chi connectivity index (χ2n) is 7.41. The molecule has 1 N–H and O–H groups in total. The molecule has 2 aliphatic heterocycles. The molecule has 0 fully saturated rings. The second-order valence-corrected chi connectivity index (χ2v) is 7.41. The Morgan fingerprint density at radius 2 is 1.72 bits per heavy atom. The number of amides is 1. The van der Waals surface area contributed by atoms with Crippen molar-refractivity contribution >= 4 is 11.6 Å². The van der Waals surface area contributed by atoms with E-state index in [9.17, 15) is 4.79 Å². The van der Waals surface area contributed by atoms with Gasteiger partial charge >= 0.3 is 0 Å². The van der Waals surface area contributed by atoms with E-state index in [4.69, 9.17) is 9.47 Å². The molecule has 0 spiro atoms. The molecule has 0 aromatic heterocycles. The van der Waals surface area contributed by atoms with E-state index < -0.39 is 0 Å². The lowest BCUT2D eigenvalue weighted by atomic mass is 10.0. The van der Waals surface area contributed by atoms with Gasteiger partial charge in [-0.3, -0.25) is 4.79 Å². The van der Waals surface area contributed by atoms with Gasteiger partial charge in [0.2, 0.25) is 0 Å². The average molecular weight is 386 g/mol. The fraction of sp³-hybridized carbons (Fsp3) is 0.208. The third kappa shape index (κ3) is 3.29. The van der Waals surface area contributed by atoms with Crippen molar-refractivity contribution in [2.45, 2.75) is 19.6 Å². The lowest BCUT2D eigenvalue weighted by Gasteiger charge is -2.38. The molecule has 1 amide bonds. The summed E-state index contributed by atoms with van der Waals surface area (Å²) in [6.45, 7) is 3.66. The number of anilines is 1. The third-order valence-corrected chi connectivity index (χ3v) is 5.38. The zero-order valence-electron chi connectivity index (χ0n) is 16.2. The first-order valence-corrected chi connectivity index (χ1v) is 9.81. The quantitative estimate of drug-likeness (QED) is 0.718. The number of hydrogen-bond acceptors (Lipinski definition) is 4. The zero-order valence-corrected chi connectivity index (χ0v) is 16.2. The Kier molecular flexibility index (Phi) is 4.35. The summed E-state index contributed by atoms with van der Waals surface area (Å²) in [5.41, 5.74) is 4.79. The summed E-state index contributed by atoms with van der Waals surface area (Å²) >= 11 is 0. The van der Waals surface area contributed by atoms with Gasteiger partial charge < -0.3 is 19.7 Å². The summed E-state index contributed by atoms with van der Waals surface area (Å²) in [5.74, 6) is 1.48. The molecule has 1 unspecified atom stereocenters. The largest absolute Gasteiger partial charge is 0.486 e. The van der Waals surface area contributed by atoms with Gasteiger partial charge in [-0.15, -0.1) is 0 Å². The first-order chi connectivity index (χ1) is 14.2. The Morgan fingerprint density at radius 1 is 0.966 bits per heavy atom. The molecule has 5 rings (SSSR count).